The van der Waals surface area contributed by atoms with Crippen molar-refractivity contribution in [3.8, 4) is 0 Å². The molecular weight excluding hydrogens is 186 g/mol. The summed E-state index contributed by atoms with van der Waals surface area (Å²) in [5.41, 5.74) is 1.26. The van der Waals surface area contributed by atoms with Crippen molar-refractivity contribution in [3.63, 3.8) is 0 Å². The maximum absolute atomic E-state index is 4.48. The first-order valence-corrected chi connectivity index (χ1v) is 5.56. The van der Waals surface area contributed by atoms with E-state index in [9.17, 15) is 0 Å². The van der Waals surface area contributed by atoms with E-state index in [1.807, 2.05) is 24.5 Å². The molecule has 3 nitrogen and oxygen atoms in total. The van der Waals surface area contributed by atoms with Crippen LogP contribution in [-0.4, -0.2) is 17.4 Å². The molecule has 0 radical (unpaired) electrons. The zero-order valence-electron chi connectivity index (χ0n) is 9.11. The average Bonchev–Trinajstić information content (AvgIpc) is 2.31. The number of nitrogens with one attached hydrogen (secondary N) is 1. The molecule has 2 heterocycles. The third kappa shape index (κ3) is 2.78. The molecule has 0 spiro atoms. The second-order valence-corrected chi connectivity index (χ2v) is 3.93. The summed E-state index contributed by atoms with van der Waals surface area (Å²) >= 11 is 0. The molecule has 0 unspecified atom stereocenters. The number of aliphatic imine (C=N–C) groups is 1. The normalized spacial score (nSPS) is 18.1. The molecule has 80 valence electrons. The first-order chi connectivity index (χ1) is 7.36. The van der Waals surface area contributed by atoms with E-state index in [4.69, 9.17) is 0 Å². The Bertz CT molecular complexity index is 332. The molecule has 1 aliphatic heterocycles. The van der Waals surface area contributed by atoms with Gasteiger partial charge in [0.1, 0.15) is 0 Å². The van der Waals surface area contributed by atoms with Crippen LogP contribution in [0.2, 0.25) is 0 Å². The number of nitrogens with zero attached hydrogens (tertiary/aromatic N) is 2. The summed E-state index contributed by atoms with van der Waals surface area (Å²) in [6.45, 7) is 3.14. The van der Waals surface area contributed by atoms with E-state index in [1.165, 1.54) is 18.4 Å². The molecule has 3 heteroatoms. The zero-order chi connectivity index (χ0) is 10.5. The lowest BCUT2D eigenvalue weighted by Gasteiger charge is -2.19. The predicted octanol–water partition coefficient (Wildman–Crippen LogP) is 2.31. The highest BCUT2D eigenvalue weighted by Crippen LogP contribution is 2.12. The molecule has 2 rings (SSSR count). The molecule has 0 saturated carbocycles. The van der Waals surface area contributed by atoms with Crippen molar-refractivity contribution in [3.05, 3.63) is 30.1 Å². The summed E-state index contributed by atoms with van der Waals surface area (Å²) < 4.78 is 0. The lowest BCUT2D eigenvalue weighted by atomic mass is 10.1. The fourth-order valence-electron chi connectivity index (χ4n) is 1.80. The van der Waals surface area contributed by atoms with Gasteiger partial charge in [0.25, 0.3) is 0 Å². The van der Waals surface area contributed by atoms with Crippen LogP contribution in [0.5, 0.6) is 0 Å². The van der Waals surface area contributed by atoms with Crippen molar-refractivity contribution in [2.45, 2.75) is 32.2 Å². The first kappa shape index (κ1) is 10.1. The highest BCUT2D eigenvalue weighted by Gasteiger charge is 2.09. The summed E-state index contributed by atoms with van der Waals surface area (Å²) in [5.74, 6) is 1.16. The molecule has 1 N–H and O–H groups in total. The molecule has 0 amide bonds. The van der Waals surface area contributed by atoms with Crippen molar-refractivity contribution < 1.29 is 0 Å². The Labute approximate surface area is 90.6 Å². The van der Waals surface area contributed by atoms with Gasteiger partial charge in [-0.1, -0.05) is 0 Å². The highest BCUT2D eigenvalue weighted by molar-refractivity contribution is 5.83. The van der Waals surface area contributed by atoms with Gasteiger partial charge in [0.15, 0.2) is 0 Å². The monoisotopic (exact) mass is 203 g/mol. The number of amidine groups is 1. The number of aromatic nitrogens is 1. The Kier molecular flexibility index (Phi) is 3.33. The zero-order valence-corrected chi connectivity index (χ0v) is 9.11. The molecule has 1 aromatic rings. The quantitative estimate of drug-likeness (QED) is 0.801. The SMILES string of the molecule is C[C@@H](NC1=NCCCC1)c1ccncc1. The van der Waals surface area contributed by atoms with E-state index >= 15 is 0 Å². The molecule has 15 heavy (non-hydrogen) atoms. The van der Waals surface area contributed by atoms with Crippen LogP contribution in [0.15, 0.2) is 29.5 Å². The van der Waals surface area contributed by atoms with Crippen LogP contribution in [-0.2, 0) is 0 Å². The molecule has 0 aromatic carbocycles. The molecule has 1 aromatic heterocycles. The minimum absolute atomic E-state index is 0.324. The van der Waals surface area contributed by atoms with Crippen LogP contribution in [0.4, 0.5) is 0 Å². The summed E-state index contributed by atoms with van der Waals surface area (Å²) in [6.07, 6.45) is 7.24. The average molecular weight is 203 g/mol. The third-order valence-corrected chi connectivity index (χ3v) is 2.71. The largest absolute Gasteiger partial charge is 0.367 e. The van der Waals surface area contributed by atoms with Gasteiger partial charge < -0.3 is 5.32 Å². The number of pyridine rings is 1. The fraction of sp³-hybridized carbons (Fsp3) is 0.500. The summed E-state index contributed by atoms with van der Waals surface area (Å²) in [4.78, 5) is 8.50. The van der Waals surface area contributed by atoms with Gasteiger partial charge in [0.05, 0.1) is 5.84 Å². The van der Waals surface area contributed by atoms with Gasteiger partial charge in [0.2, 0.25) is 0 Å². The molecule has 0 saturated heterocycles. The van der Waals surface area contributed by atoms with Crippen LogP contribution < -0.4 is 5.32 Å². The lowest BCUT2D eigenvalue weighted by Crippen LogP contribution is -2.28. The van der Waals surface area contributed by atoms with Gasteiger partial charge in [-0.15, -0.1) is 0 Å². The Hall–Kier alpha value is -1.38. The van der Waals surface area contributed by atoms with E-state index in [0.29, 0.717) is 6.04 Å². The molecule has 0 fully saturated rings. The minimum Gasteiger partial charge on any atom is -0.367 e. The minimum atomic E-state index is 0.324. The summed E-state index contributed by atoms with van der Waals surface area (Å²) in [7, 11) is 0. The van der Waals surface area contributed by atoms with Crippen LogP contribution in [0.3, 0.4) is 0 Å². The predicted molar refractivity (Wildman–Crippen MR) is 61.9 cm³/mol. The van der Waals surface area contributed by atoms with Gasteiger partial charge in [-0.2, -0.15) is 0 Å². The van der Waals surface area contributed by atoms with Gasteiger partial charge in [-0.3, -0.25) is 9.98 Å². The van der Waals surface area contributed by atoms with Crippen molar-refractivity contribution in [1.29, 1.82) is 0 Å². The number of rotatable bonds is 2. The molecular formula is C12H17N3. The van der Waals surface area contributed by atoms with E-state index in [-0.39, 0.29) is 0 Å². The van der Waals surface area contributed by atoms with E-state index in [2.05, 4.69) is 22.2 Å². The Morgan fingerprint density at radius 1 is 1.27 bits per heavy atom. The molecule has 1 aliphatic rings. The maximum atomic E-state index is 4.48. The van der Waals surface area contributed by atoms with Crippen molar-refractivity contribution in [2.24, 2.45) is 4.99 Å². The standard InChI is InChI=1S/C12H17N3/c1-10(11-5-8-13-9-6-11)15-12-4-2-3-7-14-12/h5-6,8-10H,2-4,7H2,1H3,(H,14,15)/t10-/m1/s1. The Morgan fingerprint density at radius 3 is 2.73 bits per heavy atom. The van der Waals surface area contributed by atoms with Crippen LogP contribution in [0.1, 0.15) is 37.8 Å². The smallest absolute Gasteiger partial charge is 0.0967 e. The Balaban J connectivity index is 1.97. The third-order valence-electron chi connectivity index (χ3n) is 2.71. The lowest BCUT2D eigenvalue weighted by molar-refractivity contribution is 0.656. The second-order valence-electron chi connectivity index (χ2n) is 3.93. The van der Waals surface area contributed by atoms with Crippen LogP contribution >= 0.6 is 0 Å². The number of hydrogen-bond acceptors (Lipinski definition) is 3. The van der Waals surface area contributed by atoms with E-state index in [0.717, 1.165) is 18.8 Å². The van der Waals surface area contributed by atoms with E-state index < -0.39 is 0 Å². The molecule has 0 bridgehead atoms. The van der Waals surface area contributed by atoms with E-state index in [1.54, 1.807) is 0 Å². The van der Waals surface area contributed by atoms with Crippen molar-refractivity contribution in [2.75, 3.05) is 6.54 Å². The van der Waals surface area contributed by atoms with Gasteiger partial charge >= 0.3 is 0 Å². The highest BCUT2D eigenvalue weighted by atomic mass is 15.0. The van der Waals surface area contributed by atoms with Crippen molar-refractivity contribution in [1.82, 2.24) is 10.3 Å². The fourth-order valence-corrected chi connectivity index (χ4v) is 1.80. The van der Waals surface area contributed by atoms with Crippen LogP contribution in [0, 0.1) is 0 Å². The van der Waals surface area contributed by atoms with Gasteiger partial charge in [-0.25, -0.2) is 0 Å². The topological polar surface area (TPSA) is 37.3 Å². The van der Waals surface area contributed by atoms with Gasteiger partial charge in [-0.05, 0) is 37.5 Å². The number of hydrogen-bond donors (Lipinski definition) is 1. The second kappa shape index (κ2) is 4.91. The summed E-state index contributed by atoms with van der Waals surface area (Å²) in [5, 5.41) is 3.46. The summed E-state index contributed by atoms with van der Waals surface area (Å²) in [6, 6.07) is 4.41. The first-order valence-electron chi connectivity index (χ1n) is 5.56. The molecule has 0 aliphatic carbocycles. The molecule has 1 atom stereocenters. The van der Waals surface area contributed by atoms with Crippen molar-refractivity contribution >= 4 is 5.84 Å². The van der Waals surface area contributed by atoms with Crippen LogP contribution in [0.25, 0.3) is 0 Å². The van der Waals surface area contributed by atoms with Gasteiger partial charge in [0, 0.05) is 31.4 Å². The Morgan fingerprint density at radius 2 is 2.07 bits per heavy atom. The maximum Gasteiger partial charge on any atom is 0.0967 e.